The number of hydrogen-bond acceptors (Lipinski definition) is 4. The number of piperazine rings is 1. The van der Waals surface area contributed by atoms with Crippen molar-refractivity contribution in [2.45, 2.75) is 19.5 Å². The van der Waals surface area contributed by atoms with Crippen LogP contribution in [0.15, 0.2) is 24.3 Å². The van der Waals surface area contributed by atoms with Gasteiger partial charge >= 0.3 is 0 Å². The van der Waals surface area contributed by atoms with Crippen molar-refractivity contribution in [1.82, 2.24) is 9.80 Å². The van der Waals surface area contributed by atoms with E-state index in [0.29, 0.717) is 6.04 Å². The van der Waals surface area contributed by atoms with Crippen LogP contribution in [0.1, 0.15) is 18.1 Å². The second-order valence-corrected chi connectivity index (χ2v) is 5.42. The van der Waals surface area contributed by atoms with Gasteiger partial charge in [0.2, 0.25) is 0 Å². The Hall–Kier alpha value is -1.41. The summed E-state index contributed by atoms with van der Waals surface area (Å²) in [6.07, 6.45) is 0. The molecule has 4 heteroatoms. The molecule has 108 valence electrons. The largest absolute Gasteiger partial charge is 0.383 e. The lowest BCUT2D eigenvalue weighted by molar-refractivity contribution is 0.0557. The highest BCUT2D eigenvalue weighted by atomic mass is 16.5. The van der Waals surface area contributed by atoms with Gasteiger partial charge in [0.1, 0.15) is 0 Å². The van der Waals surface area contributed by atoms with E-state index < -0.39 is 0 Å². The summed E-state index contributed by atoms with van der Waals surface area (Å²) in [4.78, 5) is 4.97. The molecule has 1 saturated heterocycles. The molecule has 0 aliphatic carbocycles. The first-order valence-corrected chi connectivity index (χ1v) is 7.17. The Labute approximate surface area is 121 Å². The molecule has 1 fully saturated rings. The van der Waals surface area contributed by atoms with E-state index in [1.54, 1.807) is 7.11 Å². The lowest BCUT2D eigenvalue weighted by atomic mass is 10.1. The number of nitriles is 1. The fourth-order valence-corrected chi connectivity index (χ4v) is 2.70. The van der Waals surface area contributed by atoms with Crippen molar-refractivity contribution in [2.24, 2.45) is 0 Å². The number of hydrogen-bond donors (Lipinski definition) is 0. The van der Waals surface area contributed by atoms with E-state index in [1.807, 2.05) is 12.1 Å². The Morgan fingerprint density at radius 2 is 2.05 bits per heavy atom. The van der Waals surface area contributed by atoms with Crippen molar-refractivity contribution in [3.63, 3.8) is 0 Å². The van der Waals surface area contributed by atoms with Crippen molar-refractivity contribution >= 4 is 0 Å². The van der Waals surface area contributed by atoms with E-state index in [9.17, 15) is 0 Å². The summed E-state index contributed by atoms with van der Waals surface area (Å²) < 4.78 is 5.16. The summed E-state index contributed by atoms with van der Waals surface area (Å²) in [7, 11) is 1.76. The maximum absolute atomic E-state index is 8.81. The average molecular weight is 273 g/mol. The Morgan fingerprint density at radius 1 is 1.30 bits per heavy atom. The standard InChI is InChI=1S/C16H23N3O/c1-14-12-18(7-8-19(14)9-10-20-2)13-16-5-3-15(11-17)4-6-16/h3-6,14H,7-10,12-13H2,1-2H3. The second-order valence-electron chi connectivity index (χ2n) is 5.42. The van der Waals surface area contributed by atoms with Crippen LogP contribution in [0.2, 0.25) is 0 Å². The quantitative estimate of drug-likeness (QED) is 0.819. The van der Waals surface area contributed by atoms with E-state index in [2.05, 4.69) is 34.9 Å². The molecule has 1 atom stereocenters. The number of ether oxygens (including phenoxy) is 1. The van der Waals surface area contributed by atoms with E-state index in [0.717, 1.165) is 44.9 Å². The third-order valence-electron chi connectivity index (χ3n) is 3.92. The zero-order chi connectivity index (χ0) is 14.4. The first-order valence-electron chi connectivity index (χ1n) is 7.17. The van der Waals surface area contributed by atoms with Gasteiger partial charge in [0, 0.05) is 45.9 Å². The predicted molar refractivity (Wildman–Crippen MR) is 79.3 cm³/mol. The molecule has 0 spiro atoms. The summed E-state index contributed by atoms with van der Waals surface area (Å²) in [5.74, 6) is 0. The molecule has 1 heterocycles. The normalized spacial score (nSPS) is 20.8. The van der Waals surface area contributed by atoms with Crippen LogP contribution in [0.5, 0.6) is 0 Å². The van der Waals surface area contributed by atoms with Crippen molar-refractivity contribution < 1.29 is 4.74 Å². The Bertz CT molecular complexity index is 452. The summed E-state index contributed by atoms with van der Waals surface area (Å²) >= 11 is 0. The molecule has 2 rings (SSSR count). The molecule has 0 amide bonds. The van der Waals surface area contributed by atoms with Gasteiger partial charge in [-0.15, -0.1) is 0 Å². The number of methoxy groups -OCH3 is 1. The highest BCUT2D eigenvalue weighted by Crippen LogP contribution is 2.13. The molecule has 0 aromatic heterocycles. The Morgan fingerprint density at radius 3 is 2.65 bits per heavy atom. The molecule has 1 aromatic carbocycles. The van der Waals surface area contributed by atoms with Crippen molar-refractivity contribution in [3.05, 3.63) is 35.4 Å². The predicted octanol–water partition coefficient (Wildman–Crippen LogP) is 1.71. The SMILES string of the molecule is COCCN1CCN(Cc2ccc(C#N)cc2)CC1C. The van der Waals surface area contributed by atoms with Crippen LogP contribution in [-0.4, -0.2) is 55.7 Å². The monoisotopic (exact) mass is 273 g/mol. The van der Waals surface area contributed by atoms with Gasteiger partial charge in [-0.05, 0) is 24.6 Å². The van der Waals surface area contributed by atoms with Gasteiger partial charge in [-0.25, -0.2) is 0 Å². The fraction of sp³-hybridized carbons (Fsp3) is 0.562. The van der Waals surface area contributed by atoms with Gasteiger partial charge in [-0.1, -0.05) is 12.1 Å². The maximum atomic E-state index is 8.81. The van der Waals surface area contributed by atoms with E-state index >= 15 is 0 Å². The van der Waals surface area contributed by atoms with Crippen LogP contribution in [0, 0.1) is 11.3 Å². The minimum atomic E-state index is 0.567. The summed E-state index contributed by atoms with van der Waals surface area (Å²) in [6.45, 7) is 8.34. The molecule has 4 nitrogen and oxygen atoms in total. The summed E-state index contributed by atoms with van der Waals surface area (Å²) in [5, 5.41) is 8.81. The molecule has 1 aliphatic rings. The molecule has 1 aliphatic heterocycles. The van der Waals surface area contributed by atoms with Gasteiger partial charge < -0.3 is 4.74 Å². The van der Waals surface area contributed by atoms with E-state index in [4.69, 9.17) is 10.00 Å². The minimum absolute atomic E-state index is 0.567. The zero-order valence-corrected chi connectivity index (χ0v) is 12.4. The molecule has 0 saturated carbocycles. The molecule has 0 radical (unpaired) electrons. The Kier molecular flexibility index (Phi) is 5.54. The van der Waals surface area contributed by atoms with Crippen molar-refractivity contribution in [3.8, 4) is 6.07 Å². The average Bonchev–Trinajstić information content (AvgIpc) is 2.47. The first-order chi connectivity index (χ1) is 9.72. The highest BCUT2D eigenvalue weighted by molar-refractivity contribution is 5.31. The minimum Gasteiger partial charge on any atom is -0.383 e. The van der Waals surface area contributed by atoms with Crippen molar-refractivity contribution in [1.29, 1.82) is 5.26 Å². The number of nitrogens with zero attached hydrogens (tertiary/aromatic N) is 3. The highest BCUT2D eigenvalue weighted by Gasteiger charge is 2.23. The van der Waals surface area contributed by atoms with Crippen LogP contribution in [0.4, 0.5) is 0 Å². The van der Waals surface area contributed by atoms with Crippen LogP contribution >= 0.6 is 0 Å². The molecule has 0 N–H and O–H groups in total. The van der Waals surface area contributed by atoms with Crippen LogP contribution in [0.25, 0.3) is 0 Å². The maximum Gasteiger partial charge on any atom is 0.0991 e. The van der Waals surface area contributed by atoms with E-state index in [1.165, 1.54) is 5.56 Å². The number of rotatable bonds is 5. The summed E-state index contributed by atoms with van der Waals surface area (Å²) in [5.41, 5.74) is 2.01. The van der Waals surface area contributed by atoms with Gasteiger partial charge in [0.05, 0.1) is 18.2 Å². The van der Waals surface area contributed by atoms with E-state index in [-0.39, 0.29) is 0 Å². The zero-order valence-electron chi connectivity index (χ0n) is 12.4. The molecular formula is C16H23N3O. The molecule has 20 heavy (non-hydrogen) atoms. The Balaban J connectivity index is 1.84. The molecule has 1 aromatic rings. The van der Waals surface area contributed by atoms with Gasteiger partial charge in [0.15, 0.2) is 0 Å². The second kappa shape index (κ2) is 7.39. The smallest absolute Gasteiger partial charge is 0.0991 e. The van der Waals surface area contributed by atoms with Gasteiger partial charge in [0.25, 0.3) is 0 Å². The molecule has 1 unspecified atom stereocenters. The lowest BCUT2D eigenvalue weighted by Crippen LogP contribution is -2.52. The fourth-order valence-electron chi connectivity index (χ4n) is 2.70. The van der Waals surface area contributed by atoms with Crippen LogP contribution < -0.4 is 0 Å². The third-order valence-corrected chi connectivity index (χ3v) is 3.92. The van der Waals surface area contributed by atoms with Crippen LogP contribution in [-0.2, 0) is 11.3 Å². The number of benzene rings is 1. The van der Waals surface area contributed by atoms with Crippen LogP contribution in [0.3, 0.4) is 0 Å². The summed E-state index contributed by atoms with van der Waals surface area (Å²) in [6, 6.07) is 10.6. The van der Waals surface area contributed by atoms with Gasteiger partial charge in [-0.2, -0.15) is 5.26 Å². The lowest BCUT2D eigenvalue weighted by Gasteiger charge is -2.39. The molecular weight excluding hydrogens is 250 g/mol. The van der Waals surface area contributed by atoms with Gasteiger partial charge in [-0.3, -0.25) is 9.80 Å². The molecule has 0 bridgehead atoms. The topological polar surface area (TPSA) is 39.5 Å². The first kappa shape index (κ1) is 15.0. The third kappa shape index (κ3) is 4.04. The van der Waals surface area contributed by atoms with Crippen molar-refractivity contribution in [2.75, 3.05) is 39.9 Å².